The molecule has 63 valence electrons. The Morgan fingerprint density at radius 2 is 2.17 bits per heavy atom. The van der Waals surface area contributed by atoms with Gasteiger partial charge in [0.25, 0.3) is 0 Å². The lowest BCUT2D eigenvalue weighted by atomic mass is 10.1. The summed E-state index contributed by atoms with van der Waals surface area (Å²) < 4.78 is 0. The number of carbonyl (C=O) groups excluding carboxylic acids is 1. The SMILES string of the molecule is C[CH]CC(=O)c1ccccc1O. The zero-order chi connectivity index (χ0) is 8.97. The van der Waals surface area contributed by atoms with Crippen LogP contribution < -0.4 is 0 Å². The van der Waals surface area contributed by atoms with Crippen LogP contribution in [0.1, 0.15) is 23.7 Å². The maximum atomic E-state index is 11.3. The number of phenols is 1. The lowest BCUT2D eigenvalue weighted by Crippen LogP contribution is -1.98. The van der Waals surface area contributed by atoms with E-state index >= 15 is 0 Å². The summed E-state index contributed by atoms with van der Waals surface area (Å²) in [6.07, 6.45) is 2.15. The molecule has 1 aromatic carbocycles. The molecule has 1 rings (SSSR count). The van der Waals surface area contributed by atoms with Crippen LogP contribution in [0.15, 0.2) is 24.3 Å². The molecule has 2 nitrogen and oxygen atoms in total. The van der Waals surface area contributed by atoms with E-state index in [0.717, 1.165) is 0 Å². The minimum Gasteiger partial charge on any atom is -0.507 e. The minimum absolute atomic E-state index is 0.0457. The van der Waals surface area contributed by atoms with Gasteiger partial charge < -0.3 is 5.11 Å². The molecule has 0 spiro atoms. The van der Waals surface area contributed by atoms with Crippen molar-refractivity contribution in [2.75, 3.05) is 0 Å². The van der Waals surface area contributed by atoms with Gasteiger partial charge in [-0.2, -0.15) is 0 Å². The van der Waals surface area contributed by atoms with E-state index in [1.807, 2.05) is 6.92 Å². The molecule has 0 fully saturated rings. The van der Waals surface area contributed by atoms with E-state index < -0.39 is 0 Å². The third kappa shape index (κ3) is 1.84. The normalized spacial score (nSPS) is 9.75. The molecule has 1 N–H and O–H groups in total. The second-order valence-corrected chi connectivity index (χ2v) is 2.55. The lowest BCUT2D eigenvalue weighted by Gasteiger charge is -2.00. The highest BCUT2D eigenvalue weighted by atomic mass is 16.3. The Bertz CT molecular complexity index is 279. The van der Waals surface area contributed by atoms with Crippen LogP contribution in [-0.2, 0) is 0 Å². The number of hydrogen-bond donors (Lipinski definition) is 1. The predicted octanol–water partition coefficient (Wildman–Crippen LogP) is 2.19. The monoisotopic (exact) mass is 163 g/mol. The van der Waals surface area contributed by atoms with E-state index in [0.29, 0.717) is 12.0 Å². The van der Waals surface area contributed by atoms with E-state index in [2.05, 4.69) is 0 Å². The van der Waals surface area contributed by atoms with Gasteiger partial charge in [0.2, 0.25) is 0 Å². The Balaban J connectivity index is 2.87. The number of benzene rings is 1. The van der Waals surface area contributed by atoms with Crippen LogP contribution >= 0.6 is 0 Å². The first-order valence-electron chi connectivity index (χ1n) is 3.84. The fourth-order valence-corrected chi connectivity index (χ4v) is 1.00. The molecule has 0 unspecified atom stereocenters. The van der Waals surface area contributed by atoms with E-state index in [1.165, 1.54) is 6.07 Å². The first kappa shape index (κ1) is 8.78. The van der Waals surface area contributed by atoms with Crippen molar-refractivity contribution in [2.45, 2.75) is 13.3 Å². The Morgan fingerprint density at radius 3 is 2.75 bits per heavy atom. The fraction of sp³-hybridized carbons (Fsp3) is 0.200. The molecule has 1 aromatic rings. The Morgan fingerprint density at radius 1 is 1.50 bits per heavy atom. The maximum absolute atomic E-state index is 11.3. The quantitative estimate of drug-likeness (QED) is 0.693. The van der Waals surface area contributed by atoms with E-state index in [4.69, 9.17) is 0 Å². The summed E-state index contributed by atoms with van der Waals surface area (Å²) >= 11 is 0. The van der Waals surface area contributed by atoms with E-state index in [1.54, 1.807) is 24.6 Å². The summed E-state index contributed by atoms with van der Waals surface area (Å²) in [5.74, 6) is 0.0138. The zero-order valence-corrected chi connectivity index (χ0v) is 6.95. The minimum atomic E-state index is -0.0457. The molecule has 0 heterocycles. The number of carbonyl (C=O) groups is 1. The van der Waals surface area contributed by atoms with E-state index in [-0.39, 0.29) is 11.5 Å². The number of hydrogen-bond acceptors (Lipinski definition) is 2. The summed E-state index contributed by atoms with van der Waals surface area (Å²) in [5.41, 5.74) is 0.399. The van der Waals surface area contributed by atoms with Gasteiger partial charge in [0.1, 0.15) is 5.75 Å². The van der Waals surface area contributed by atoms with Gasteiger partial charge in [0.15, 0.2) is 5.78 Å². The molecule has 0 aliphatic rings. The molecule has 0 aliphatic heterocycles. The second-order valence-electron chi connectivity index (χ2n) is 2.55. The van der Waals surface area contributed by atoms with Crippen LogP contribution in [0.3, 0.4) is 0 Å². The zero-order valence-electron chi connectivity index (χ0n) is 6.95. The molecule has 1 radical (unpaired) electrons. The molecule has 0 amide bonds. The van der Waals surface area contributed by atoms with Crippen molar-refractivity contribution >= 4 is 5.78 Å². The third-order valence-electron chi connectivity index (χ3n) is 1.59. The maximum Gasteiger partial charge on any atom is 0.166 e. The fourth-order valence-electron chi connectivity index (χ4n) is 1.00. The van der Waals surface area contributed by atoms with Crippen LogP contribution in [0.4, 0.5) is 0 Å². The van der Waals surface area contributed by atoms with E-state index in [9.17, 15) is 9.90 Å². The third-order valence-corrected chi connectivity index (χ3v) is 1.59. The molecule has 0 aliphatic carbocycles. The molecule has 0 aromatic heterocycles. The Hall–Kier alpha value is -1.31. The summed E-state index contributed by atoms with van der Waals surface area (Å²) in [6.45, 7) is 1.82. The highest BCUT2D eigenvalue weighted by molar-refractivity contribution is 5.99. The van der Waals surface area contributed by atoms with Gasteiger partial charge in [-0.05, 0) is 18.6 Å². The Labute approximate surface area is 71.8 Å². The molecular weight excluding hydrogens is 152 g/mol. The van der Waals surface area contributed by atoms with Gasteiger partial charge in [-0.15, -0.1) is 0 Å². The first-order chi connectivity index (χ1) is 5.75. The van der Waals surface area contributed by atoms with Gasteiger partial charge in [-0.25, -0.2) is 0 Å². The number of Topliss-reactive ketones (excluding diaryl/α,β-unsaturated/α-hetero) is 1. The number of aromatic hydroxyl groups is 1. The van der Waals surface area contributed by atoms with Crippen molar-refractivity contribution in [3.8, 4) is 5.75 Å². The molecule has 0 saturated heterocycles. The van der Waals surface area contributed by atoms with Gasteiger partial charge in [-0.3, -0.25) is 4.79 Å². The largest absolute Gasteiger partial charge is 0.507 e. The molecule has 0 atom stereocenters. The van der Waals surface area contributed by atoms with Crippen LogP contribution in [-0.4, -0.2) is 10.9 Å². The highest BCUT2D eigenvalue weighted by Gasteiger charge is 2.07. The number of rotatable bonds is 3. The second kappa shape index (κ2) is 3.90. The van der Waals surface area contributed by atoms with Gasteiger partial charge in [0.05, 0.1) is 5.56 Å². The number of para-hydroxylation sites is 1. The molecule has 0 saturated carbocycles. The van der Waals surface area contributed by atoms with Crippen molar-refractivity contribution in [3.05, 3.63) is 36.2 Å². The van der Waals surface area contributed by atoms with Crippen molar-refractivity contribution in [1.82, 2.24) is 0 Å². The summed E-state index contributed by atoms with van der Waals surface area (Å²) in [4.78, 5) is 11.3. The molecule has 12 heavy (non-hydrogen) atoms. The molecule has 2 heteroatoms. The standard InChI is InChI=1S/C10H11O2/c1-2-5-9(11)8-6-3-4-7-10(8)12/h2-4,6-7,12H,5H2,1H3. The van der Waals surface area contributed by atoms with Crippen molar-refractivity contribution < 1.29 is 9.90 Å². The summed E-state index contributed by atoms with van der Waals surface area (Å²) in [7, 11) is 0. The van der Waals surface area contributed by atoms with Gasteiger partial charge in [0, 0.05) is 6.42 Å². The average Bonchev–Trinajstić information content (AvgIpc) is 2.05. The van der Waals surface area contributed by atoms with Crippen LogP contribution in [0.5, 0.6) is 5.75 Å². The van der Waals surface area contributed by atoms with Crippen LogP contribution in [0, 0.1) is 6.42 Å². The molecule has 0 bridgehead atoms. The predicted molar refractivity (Wildman–Crippen MR) is 47.0 cm³/mol. The average molecular weight is 163 g/mol. The highest BCUT2D eigenvalue weighted by Crippen LogP contribution is 2.17. The van der Waals surface area contributed by atoms with Crippen molar-refractivity contribution in [1.29, 1.82) is 0 Å². The Kier molecular flexibility index (Phi) is 2.86. The number of ketones is 1. The smallest absolute Gasteiger partial charge is 0.166 e. The van der Waals surface area contributed by atoms with Crippen molar-refractivity contribution in [2.24, 2.45) is 0 Å². The van der Waals surface area contributed by atoms with Crippen LogP contribution in [0.2, 0.25) is 0 Å². The van der Waals surface area contributed by atoms with Crippen LogP contribution in [0.25, 0.3) is 0 Å². The van der Waals surface area contributed by atoms with Crippen molar-refractivity contribution in [3.63, 3.8) is 0 Å². The summed E-state index contributed by atoms with van der Waals surface area (Å²) in [6, 6.07) is 6.58. The van der Waals surface area contributed by atoms with Gasteiger partial charge in [-0.1, -0.05) is 19.1 Å². The summed E-state index contributed by atoms with van der Waals surface area (Å²) in [5, 5.41) is 9.27. The molecular formula is C10H11O2. The van der Waals surface area contributed by atoms with Gasteiger partial charge >= 0.3 is 0 Å². The number of phenolic OH excluding ortho intramolecular Hbond substituents is 1. The first-order valence-corrected chi connectivity index (χ1v) is 3.84. The topological polar surface area (TPSA) is 37.3 Å². The lowest BCUT2D eigenvalue weighted by molar-refractivity contribution is 0.0989.